The van der Waals surface area contributed by atoms with Gasteiger partial charge in [0.2, 0.25) is 0 Å². The van der Waals surface area contributed by atoms with Gasteiger partial charge in [0.05, 0.1) is 40.5 Å². The fraction of sp³-hybridized carbons (Fsp3) is 0.222. The van der Waals surface area contributed by atoms with E-state index < -0.39 is 17.1 Å². The molecule has 1 aliphatic heterocycles. The molecular formula is C27H26N8O4S. The normalized spacial score (nSPS) is 14.4. The second-order valence-corrected chi connectivity index (χ2v) is 10.7. The number of aliphatic hydroxyl groups is 1. The van der Waals surface area contributed by atoms with Crippen molar-refractivity contribution in [2.45, 2.75) is 19.1 Å². The molecule has 0 bridgehead atoms. The molecule has 4 heterocycles. The van der Waals surface area contributed by atoms with Crippen molar-refractivity contribution in [1.29, 1.82) is 0 Å². The molecule has 1 unspecified atom stereocenters. The van der Waals surface area contributed by atoms with Gasteiger partial charge in [-0.05, 0) is 43.3 Å². The summed E-state index contributed by atoms with van der Waals surface area (Å²) in [5.41, 5.74) is 7.11. The van der Waals surface area contributed by atoms with E-state index >= 15 is 0 Å². The summed E-state index contributed by atoms with van der Waals surface area (Å²) in [5, 5.41) is 17.4. The topological polar surface area (TPSA) is 153 Å². The average molecular weight is 559 g/mol. The van der Waals surface area contributed by atoms with Gasteiger partial charge in [-0.15, -0.1) is 11.3 Å². The van der Waals surface area contributed by atoms with Crippen molar-refractivity contribution < 1.29 is 14.6 Å². The molecule has 40 heavy (non-hydrogen) atoms. The highest BCUT2D eigenvalue weighted by atomic mass is 32.1. The number of carbonyl (C=O) groups excluding carboxylic acids is 1. The first-order valence-electron chi connectivity index (χ1n) is 12.5. The summed E-state index contributed by atoms with van der Waals surface area (Å²) in [6, 6.07) is 17.0. The lowest BCUT2D eigenvalue weighted by Crippen LogP contribution is -2.43. The van der Waals surface area contributed by atoms with Crippen LogP contribution in [0.4, 0.5) is 17.2 Å². The molecule has 0 aliphatic carbocycles. The van der Waals surface area contributed by atoms with Gasteiger partial charge >= 0.3 is 0 Å². The van der Waals surface area contributed by atoms with E-state index in [1.54, 1.807) is 19.1 Å². The minimum atomic E-state index is -1.26. The molecule has 0 saturated carbocycles. The number of ether oxygens (including phenoxy) is 1. The van der Waals surface area contributed by atoms with Crippen molar-refractivity contribution in [2.75, 3.05) is 30.3 Å². The Morgan fingerprint density at radius 2 is 2.02 bits per heavy atom. The minimum Gasteiger partial charge on any atom is -0.490 e. The highest BCUT2D eigenvalue weighted by Gasteiger charge is 2.25. The van der Waals surface area contributed by atoms with Crippen molar-refractivity contribution in [3.63, 3.8) is 0 Å². The number of hydrogen-bond acceptors (Lipinski definition) is 10. The first-order chi connectivity index (χ1) is 19.3. The summed E-state index contributed by atoms with van der Waals surface area (Å²) in [4.78, 5) is 37.3. The highest BCUT2D eigenvalue weighted by molar-refractivity contribution is 7.20. The summed E-state index contributed by atoms with van der Waals surface area (Å²) < 4.78 is 8.83. The van der Waals surface area contributed by atoms with Gasteiger partial charge in [0.15, 0.2) is 5.82 Å². The number of fused-ring (bicyclic) bond motifs is 2. The van der Waals surface area contributed by atoms with E-state index in [2.05, 4.69) is 25.3 Å². The van der Waals surface area contributed by atoms with E-state index in [4.69, 9.17) is 10.5 Å². The third-order valence-corrected chi connectivity index (χ3v) is 7.55. The molecule has 1 amide bonds. The third-order valence-electron chi connectivity index (χ3n) is 6.53. The maximum atomic E-state index is 13.3. The number of nitrogens with zero attached hydrogens (tertiary/aromatic N) is 6. The second-order valence-electron chi connectivity index (χ2n) is 9.70. The fourth-order valence-corrected chi connectivity index (χ4v) is 5.60. The molecule has 1 aliphatic rings. The standard InChI is InChI=1S/C27H26N8O4S/c1-27(38,14-33-16-29-15-31-33)13-30-24(36)22-12-20-25(40-22)32-23(28)26(37)35(20)18-7-8-21-19(11-18)34(9-10-39-21)17-5-3-2-4-6-17/h2-8,11-12,15-16,38H,9-10,13-14H2,1H3,(H2,28,32)(H,30,36). The maximum absolute atomic E-state index is 13.3. The molecule has 13 heteroatoms. The third kappa shape index (κ3) is 4.87. The Morgan fingerprint density at radius 3 is 2.80 bits per heavy atom. The molecule has 6 rings (SSSR count). The molecule has 3 aromatic heterocycles. The lowest BCUT2D eigenvalue weighted by molar-refractivity contribution is 0.0366. The summed E-state index contributed by atoms with van der Waals surface area (Å²) in [6.45, 7) is 2.90. The number of carbonyl (C=O) groups is 1. The number of nitrogen functional groups attached to an aromatic ring is 1. The number of benzene rings is 2. The number of amides is 1. The zero-order valence-corrected chi connectivity index (χ0v) is 22.3. The van der Waals surface area contributed by atoms with E-state index in [0.717, 1.165) is 22.7 Å². The molecule has 4 N–H and O–H groups in total. The van der Waals surface area contributed by atoms with Crippen molar-refractivity contribution >= 4 is 44.8 Å². The van der Waals surface area contributed by atoms with Crippen molar-refractivity contribution in [3.05, 3.63) is 82.5 Å². The first kappa shape index (κ1) is 25.5. The van der Waals surface area contributed by atoms with Gasteiger partial charge < -0.3 is 25.8 Å². The van der Waals surface area contributed by atoms with Crippen LogP contribution in [0.2, 0.25) is 0 Å². The Kier molecular flexibility index (Phi) is 6.44. The number of anilines is 3. The van der Waals surface area contributed by atoms with Crippen LogP contribution < -0.4 is 26.2 Å². The molecule has 5 aromatic rings. The van der Waals surface area contributed by atoms with Crippen LogP contribution in [-0.4, -0.2) is 60.6 Å². The van der Waals surface area contributed by atoms with Gasteiger partial charge in [-0.3, -0.25) is 18.8 Å². The van der Waals surface area contributed by atoms with Gasteiger partial charge in [-0.25, -0.2) is 9.97 Å². The van der Waals surface area contributed by atoms with Gasteiger partial charge in [-0.1, -0.05) is 18.2 Å². The van der Waals surface area contributed by atoms with Crippen LogP contribution in [0.15, 0.2) is 72.0 Å². The van der Waals surface area contributed by atoms with Crippen molar-refractivity contribution in [1.82, 2.24) is 29.6 Å². The van der Waals surface area contributed by atoms with Crippen LogP contribution in [-0.2, 0) is 6.54 Å². The smallest absolute Gasteiger partial charge is 0.298 e. The van der Waals surface area contributed by atoms with E-state index in [0.29, 0.717) is 39.8 Å². The zero-order chi connectivity index (χ0) is 27.9. The molecule has 0 saturated heterocycles. The fourth-order valence-electron chi connectivity index (χ4n) is 4.66. The van der Waals surface area contributed by atoms with Crippen LogP contribution >= 0.6 is 11.3 Å². The molecule has 12 nitrogen and oxygen atoms in total. The van der Waals surface area contributed by atoms with E-state index in [9.17, 15) is 14.7 Å². The summed E-state index contributed by atoms with van der Waals surface area (Å²) >= 11 is 1.11. The maximum Gasteiger partial charge on any atom is 0.298 e. The quantitative estimate of drug-likeness (QED) is 0.273. The van der Waals surface area contributed by atoms with Crippen LogP contribution in [0, 0.1) is 0 Å². The Balaban J connectivity index is 1.33. The second kappa shape index (κ2) is 10.1. The largest absolute Gasteiger partial charge is 0.490 e. The number of rotatable bonds is 7. The monoisotopic (exact) mass is 558 g/mol. The lowest BCUT2D eigenvalue weighted by atomic mass is 10.1. The lowest BCUT2D eigenvalue weighted by Gasteiger charge is -2.31. The predicted octanol–water partition coefficient (Wildman–Crippen LogP) is 2.33. The van der Waals surface area contributed by atoms with Crippen LogP contribution in [0.1, 0.15) is 16.6 Å². The molecular weight excluding hydrogens is 532 g/mol. The van der Waals surface area contributed by atoms with Crippen molar-refractivity contribution in [2.24, 2.45) is 0 Å². The first-order valence-corrected chi connectivity index (χ1v) is 13.4. The van der Waals surface area contributed by atoms with Crippen molar-refractivity contribution in [3.8, 4) is 11.4 Å². The van der Waals surface area contributed by atoms with Gasteiger partial charge in [0.1, 0.15) is 29.8 Å². The number of thiophene rings is 1. The summed E-state index contributed by atoms with van der Waals surface area (Å²) in [6.07, 6.45) is 2.86. The molecule has 2 aromatic carbocycles. The predicted molar refractivity (Wildman–Crippen MR) is 152 cm³/mol. The van der Waals surface area contributed by atoms with Gasteiger partial charge in [0.25, 0.3) is 11.5 Å². The summed E-state index contributed by atoms with van der Waals surface area (Å²) in [5.74, 6) is 0.119. The number of hydrogen-bond donors (Lipinski definition) is 3. The number of nitrogens with two attached hydrogens (primary N) is 1. The molecule has 0 radical (unpaired) electrons. The van der Waals surface area contributed by atoms with Crippen LogP contribution in [0.25, 0.3) is 16.0 Å². The molecule has 204 valence electrons. The van der Waals surface area contributed by atoms with Crippen LogP contribution in [0.3, 0.4) is 0 Å². The van der Waals surface area contributed by atoms with E-state index in [1.807, 2.05) is 42.5 Å². The van der Waals surface area contributed by atoms with E-state index in [1.165, 1.54) is 21.9 Å². The molecule has 0 fully saturated rings. The van der Waals surface area contributed by atoms with E-state index in [-0.39, 0.29) is 18.9 Å². The van der Waals surface area contributed by atoms with Crippen LogP contribution in [0.5, 0.6) is 5.75 Å². The number of nitrogens with one attached hydrogen (secondary N) is 1. The SMILES string of the molecule is CC(O)(CNC(=O)c1cc2c(nc(N)c(=O)n2-c2ccc3c(c2)N(c2ccccc2)CCO3)s1)Cn1cncn1. The zero-order valence-electron chi connectivity index (χ0n) is 21.5. The highest BCUT2D eigenvalue weighted by Crippen LogP contribution is 2.38. The Hall–Kier alpha value is -4.75. The summed E-state index contributed by atoms with van der Waals surface area (Å²) in [7, 11) is 0. The number of aromatic nitrogens is 5. The average Bonchev–Trinajstić information content (AvgIpc) is 3.62. The Bertz CT molecular complexity index is 1750. The molecule has 1 atom stereocenters. The molecule has 0 spiro atoms. The number of para-hydroxylation sites is 1. The van der Waals surface area contributed by atoms with Gasteiger partial charge in [0, 0.05) is 12.2 Å². The van der Waals surface area contributed by atoms with Gasteiger partial charge in [-0.2, -0.15) is 5.10 Å². The minimum absolute atomic E-state index is 0.0253. The Labute approximate surface area is 232 Å². The Morgan fingerprint density at radius 1 is 1.20 bits per heavy atom.